The van der Waals surface area contributed by atoms with Crippen LogP contribution < -0.4 is 10.5 Å². The Hall–Kier alpha value is -3.74. The largest absolute Gasteiger partial charge is 0.469 e. The number of nitrogen functional groups attached to an aromatic ring is 1. The van der Waals surface area contributed by atoms with E-state index >= 15 is 0 Å². The fourth-order valence-corrected chi connectivity index (χ4v) is 5.21. The van der Waals surface area contributed by atoms with E-state index in [9.17, 15) is 13.2 Å². The van der Waals surface area contributed by atoms with Crippen LogP contribution in [0.1, 0.15) is 54.6 Å². The Bertz CT molecular complexity index is 1450. The maximum Gasteiger partial charge on any atom is 0.423 e. The predicted molar refractivity (Wildman–Crippen MR) is 126 cm³/mol. The average Bonchev–Trinajstić information content (AvgIpc) is 3.46. The van der Waals surface area contributed by atoms with Crippen molar-refractivity contribution < 1.29 is 22.6 Å². The number of halogens is 3. The minimum absolute atomic E-state index is 0.114. The van der Waals surface area contributed by atoms with E-state index in [1.165, 1.54) is 0 Å². The third-order valence-corrected chi connectivity index (χ3v) is 7.06. The van der Waals surface area contributed by atoms with Crippen molar-refractivity contribution in [2.24, 2.45) is 7.05 Å². The van der Waals surface area contributed by atoms with Gasteiger partial charge in [-0.05, 0) is 31.4 Å². The molecule has 6 rings (SSSR count). The Morgan fingerprint density at radius 3 is 2.62 bits per heavy atom. The monoisotopic (exact) mass is 514 g/mol. The molecule has 1 aliphatic carbocycles. The van der Waals surface area contributed by atoms with Gasteiger partial charge in [-0.15, -0.1) is 10.2 Å². The molecular formula is C24H25F3N8O2. The lowest BCUT2D eigenvalue weighted by Crippen LogP contribution is -2.39. The highest BCUT2D eigenvalue weighted by molar-refractivity contribution is 5.60. The van der Waals surface area contributed by atoms with Crippen molar-refractivity contribution in [3.05, 3.63) is 47.9 Å². The van der Waals surface area contributed by atoms with Crippen LogP contribution in [0, 0.1) is 0 Å². The fourth-order valence-electron chi connectivity index (χ4n) is 5.21. The molecule has 2 aliphatic rings. The minimum atomic E-state index is -4.70. The molecule has 0 aromatic carbocycles. The van der Waals surface area contributed by atoms with Crippen LogP contribution >= 0.6 is 0 Å². The quantitative estimate of drug-likeness (QED) is 0.428. The van der Waals surface area contributed by atoms with Gasteiger partial charge in [0.1, 0.15) is 17.5 Å². The van der Waals surface area contributed by atoms with Gasteiger partial charge in [0, 0.05) is 30.6 Å². The molecule has 1 saturated carbocycles. The maximum atomic E-state index is 14.3. The van der Waals surface area contributed by atoms with Crippen molar-refractivity contribution in [3.8, 4) is 17.1 Å². The highest BCUT2D eigenvalue weighted by atomic mass is 19.4. The van der Waals surface area contributed by atoms with Crippen LogP contribution in [-0.4, -0.2) is 53.4 Å². The standard InChI is InChI=1S/C24H25F3N8O2/c1-34-12-29-8-17(34)15-5-6-18-32-33-21(35(18)9-15)14-4-2-3-13(7-14)20-19(24(25,26)27)22(31-23(28)30-20)37-16-10-36-11-16/h5-6,8-9,12-14,16H,2-4,7,10-11H2,1H3,(H2,28,30,31)/t13-,14+/m1/s1. The Kier molecular flexibility index (Phi) is 5.74. The van der Waals surface area contributed by atoms with E-state index in [1.807, 2.05) is 34.3 Å². The topological polar surface area (TPSA) is 118 Å². The van der Waals surface area contributed by atoms with Crippen LogP contribution in [-0.2, 0) is 18.0 Å². The Labute approximate surface area is 209 Å². The molecule has 5 heterocycles. The van der Waals surface area contributed by atoms with Gasteiger partial charge in [-0.1, -0.05) is 6.42 Å². The molecule has 37 heavy (non-hydrogen) atoms. The van der Waals surface area contributed by atoms with Crippen molar-refractivity contribution in [2.45, 2.75) is 49.8 Å². The molecule has 0 unspecified atom stereocenters. The third-order valence-electron chi connectivity index (χ3n) is 7.06. The zero-order valence-electron chi connectivity index (χ0n) is 20.0. The highest BCUT2D eigenvalue weighted by Gasteiger charge is 2.43. The summed E-state index contributed by atoms with van der Waals surface area (Å²) in [7, 11) is 1.91. The van der Waals surface area contributed by atoms with Crippen LogP contribution in [0.2, 0.25) is 0 Å². The van der Waals surface area contributed by atoms with Crippen molar-refractivity contribution in [2.75, 3.05) is 18.9 Å². The second-order valence-electron chi connectivity index (χ2n) is 9.58. The maximum absolute atomic E-state index is 14.3. The normalized spacial score (nSPS) is 20.8. The van der Waals surface area contributed by atoms with Gasteiger partial charge in [0.2, 0.25) is 11.8 Å². The average molecular weight is 515 g/mol. The van der Waals surface area contributed by atoms with Gasteiger partial charge >= 0.3 is 6.18 Å². The summed E-state index contributed by atoms with van der Waals surface area (Å²) in [4.78, 5) is 12.1. The number of fused-ring (bicyclic) bond motifs is 1. The van der Waals surface area contributed by atoms with Crippen molar-refractivity contribution in [1.82, 2.24) is 34.1 Å². The summed E-state index contributed by atoms with van der Waals surface area (Å²) in [5.41, 5.74) is 7.32. The van der Waals surface area contributed by atoms with E-state index in [0.29, 0.717) is 30.7 Å². The van der Waals surface area contributed by atoms with Crippen LogP contribution in [0.25, 0.3) is 16.9 Å². The number of aromatic nitrogens is 7. The van der Waals surface area contributed by atoms with E-state index in [-0.39, 0.29) is 30.8 Å². The second-order valence-corrected chi connectivity index (χ2v) is 9.58. The van der Waals surface area contributed by atoms with Gasteiger partial charge in [0.15, 0.2) is 5.65 Å². The first-order chi connectivity index (χ1) is 17.8. The summed E-state index contributed by atoms with van der Waals surface area (Å²) >= 11 is 0. The number of ether oxygens (including phenoxy) is 2. The summed E-state index contributed by atoms with van der Waals surface area (Å²) in [6.07, 6.45) is 2.70. The van der Waals surface area contributed by atoms with E-state index in [1.54, 1.807) is 12.5 Å². The third kappa shape index (κ3) is 4.37. The Morgan fingerprint density at radius 2 is 1.92 bits per heavy atom. The lowest BCUT2D eigenvalue weighted by Gasteiger charge is -2.31. The van der Waals surface area contributed by atoms with Gasteiger partial charge in [0.25, 0.3) is 0 Å². The van der Waals surface area contributed by atoms with Crippen LogP contribution in [0.15, 0.2) is 30.9 Å². The SMILES string of the molecule is Cn1cncc1-c1ccc2nnc([C@H]3CCC[C@@H](c4nc(N)nc(OC5COC5)c4C(F)(F)F)C3)n2c1. The summed E-state index contributed by atoms with van der Waals surface area (Å²) < 4.78 is 57.3. The molecule has 4 aromatic rings. The molecule has 0 spiro atoms. The van der Waals surface area contributed by atoms with Crippen molar-refractivity contribution in [1.29, 1.82) is 0 Å². The fraction of sp³-hybridized carbons (Fsp3) is 0.458. The molecule has 0 radical (unpaired) electrons. The van der Waals surface area contributed by atoms with Crippen LogP contribution in [0.4, 0.5) is 19.1 Å². The highest BCUT2D eigenvalue weighted by Crippen LogP contribution is 2.47. The number of nitrogens with two attached hydrogens (primary N) is 1. The Balaban J connectivity index is 1.35. The lowest BCUT2D eigenvalue weighted by molar-refractivity contribution is -0.143. The van der Waals surface area contributed by atoms with E-state index in [2.05, 4.69) is 25.1 Å². The van der Waals surface area contributed by atoms with Crippen molar-refractivity contribution >= 4 is 11.6 Å². The molecule has 1 saturated heterocycles. The number of pyridine rings is 1. The van der Waals surface area contributed by atoms with Crippen LogP contribution in [0.3, 0.4) is 0 Å². The molecule has 194 valence electrons. The molecule has 0 amide bonds. The van der Waals surface area contributed by atoms with Gasteiger partial charge in [-0.25, -0.2) is 9.97 Å². The predicted octanol–water partition coefficient (Wildman–Crippen LogP) is 3.74. The van der Waals surface area contributed by atoms with Gasteiger partial charge < -0.3 is 19.8 Å². The molecule has 2 fully saturated rings. The number of hydrogen-bond acceptors (Lipinski definition) is 8. The number of anilines is 1. The molecule has 2 atom stereocenters. The number of imidazole rings is 1. The first-order valence-electron chi connectivity index (χ1n) is 12.1. The zero-order chi connectivity index (χ0) is 25.7. The minimum Gasteiger partial charge on any atom is -0.469 e. The molecular weight excluding hydrogens is 489 g/mol. The smallest absolute Gasteiger partial charge is 0.423 e. The van der Waals surface area contributed by atoms with Gasteiger partial charge in [0.05, 0.1) is 37.1 Å². The van der Waals surface area contributed by atoms with E-state index in [4.69, 9.17) is 15.2 Å². The zero-order valence-corrected chi connectivity index (χ0v) is 20.0. The number of aryl methyl sites for hydroxylation is 1. The summed E-state index contributed by atoms with van der Waals surface area (Å²) in [6, 6.07) is 3.82. The molecule has 1 aliphatic heterocycles. The van der Waals surface area contributed by atoms with Crippen molar-refractivity contribution in [3.63, 3.8) is 0 Å². The van der Waals surface area contributed by atoms with E-state index in [0.717, 1.165) is 17.7 Å². The summed E-state index contributed by atoms with van der Waals surface area (Å²) in [5.74, 6) is -0.666. The van der Waals surface area contributed by atoms with E-state index < -0.39 is 29.6 Å². The number of hydrogen-bond donors (Lipinski definition) is 1. The summed E-state index contributed by atoms with van der Waals surface area (Å²) in [5, 5.41) is 8.73. The molecule has 10 nitrogen and oxygen atoms in total. The second kappa shape index (κ2) is 8.98. The lowest BCUT2D eigenvalue weighted by atomic mass is 9.78. The van der Waals surface area contributed by atoms with Gasteiger partial charge in [-0.3, -0.25) is 4.40 Å². The number of nitrogens with zero attached hydrogens (tertiary/aromatic N) is 7. The molecule has 13 heteroatoms. The number of alkyl halides is 3. The molecule has 2 N–H and O–H groups in total. The number of rotatable bonds is 5. The Morgan fingerprint density at radius 1 is 1.11 bits per heavy atom. The van der Waals surface area contributed by atoms with Crippen LogP contribution in [0.5, 0.6) is 5.88 Å². The molecule has 4 aromatic heterocycles. The molecule has 0 bridgehead atoms. The first-order valence-corrected chi connectivity index (χ1v) is 12.1. The van der Waals surface area contributed by atoms with Gasteiger partial charge in [-0.2, -0.15) is 18.2 Å². The summed E-state index contributed by atoms with van der Waals surface area (Å²) in [6.45, 7) is 0.422. The first kappa shape index (κ1) is 23.6.